The maximum Gasteiger partial charge on any atom is 0.318 e. The zero-order valence-corrected chi connectivity index (χ0v) is 20.0. The Morgan fingerprint density at radius 3 is 2.71 bits per heavy atom. The summed E-state index contributed by atoms with van der Waals surface area (Å²) in [6.07, 6.45) is 4.79. The Morgan fingerprint density at radius 1 is 1.21 bits per heavy atom. The molecule has 1 N–H and O–H groups in total. The summed E-state index contributed by atoms with van der Waals surface area (Å²) in [6.45, 7) is 3.76. The average molecular weight is 487 g/mol. The van der Waals surface area contributed by atoms with Gasteiger partial charge in [0.05, 0.1) is 49.6 Å². The summed E-state index contributed by atoms with van der Waals surface area (Å²) in [5.41, 5.74) is 1.32. The van der Waals surface area contributed by atoms with Gasteiger partial charge in [0, 0.05) is 13.2 Å². The molecule has 0 aliphatic carbocycles. The van der Waals surface area contributed by atoms with Crippen molar-refractivity contribution in [1.29, 1.82) is 0 Å². The van der Waals surface area contributed by atoms with E-state index >= 15 is 0 Å². The molecule has 182 valence electrons. The van der Waals surface area contributed by atoms with Crippen molar-refractivity contribution in [1.82, 2.24) is 19.8 Å². The number of imidazole rings is 1. The normalized spacial score (nSPS) is 16.0. The molecule has 0 radical (unpaired) electrons. The molecule has 3 aromatic rings. The number of aromatic nitrogens is 2. The fraction of sp³-hybridized carbons (Fsp3) is 0.417. The number of hydrogen-bond donors (Lipinski definition) is 1. The van der Waals surface area contributed by atoms with Gasteiger partial charge in [0.2, 0.25) is 15.0 Å². The van der Waals surface area contributed by atoms with Gasteiger partial charge in [0.25, 0.3) is 0 Å². The molecule has 0 unspecified atom stereocenters. The molecule has 1 atom stereocenters. The van der Waals surface area contributed by atoms with Crippen LogP contribution in [0.3, 0.4) is 0 Å². The van der Waals surface area contributed by atoms with Crippen LogP contribution in [-0.4, -0.2) is 48.2 Å². The number of amides is 2. The van der Waals surface area contributed by atoms with Gasteiger partial charge in [-0.25, -0.2) is 18.2 Å². The van der Waals surface area contributed by atoms with Gasteiger partial charge < -0.3 is 23.9 Å². The van der Waals surface area contributed by atoms with Crippen LogP contribution >= 0.6 is 0 Å². The first-order valence-corrected chi connectivity index (χ1v) is 13.1. The Kier molecular flexibility index (Phi) is 7.69. The third kappa shape index (κ3) is 5.87. The summed E-state index contributed by atoms with van der Waals surface area (Å²) in [5.74, 6) is 0.482. The molecule has 9 nitrogen and oxygen atoms in total. The highest BCUT2D eigenvalue weighted by Gasteiger charge is 2.28. The molecule has 34 heavy (non-hydrogen) atoms. The number of rotatable bonds is 10. The van der Waals surface area contributed by atoms with E-state index in [1.165, 1.54) is 0 Å². The first-order valence-electron chi connectivity index (χ1n) is 11.4. The van der Waals surface area contributed by atoms with Gasteiger partial charge in [-0.2, -0.15) is 0 Å². The topological polar surface area (TPSA) is 107 Å². The average Bonchev–Trinajstić information content (AvgIpc) is 3.58. The fourth-order valence-electron chi connectivity index (χ4n) is 4.06. The van der Waals surface area contributed by atoms with Crippen LogP contribution in [0.4, 0.5) is 4.79 Å². The minimum Gasteiger partial charge on any atom is -0.467 e. The van der Waals surface area contributed by atoms with E-state index in [2.05, 4.69) is 10.3 Å². The number of benzene rings is 1. The minimum atomic E-state index is -3.72. The van der Waals surface area contributed by atoms with Crippen molar-refractivity contribution in [3.05, 3.63) is 71.9 Å². The van der Waals surface area contributed by atoms with Crippen molar-refractivity contribution in [2.75, 3.05) is 13.2 Å². The van der Waals surface area contributed by atoms with Gasteiger partial charge in [0.1, 0.15) is 5.76 Å². The molecule has 1 fully saturated rings. The van der Waals surface area contributed by atoms with Crippen LogP contribution in [0.1, 0.15) is 36.8 Å². The third-order valence-corrected chi connectivity index (χ3v) is 7.28. The second-order valence-corrected chi connectivity index (χ2v) is 10.2. The van der Waals surface area contributed by atoms with Crippen LogP contribution in [-0.2, 0) is 40.0 Å². The number of carbonyl (C=O) groups is 1. The van der Waals surface area contributed by atoms with E-state index < -0.39 is 9.84 Å². The highest BCUT2D eigenvalue weighted by Crippen LogP contribution is 2.23. The Hall–Kier alpha value is -3.11. The summed E-state index contributed by atoms with van der Waals surface area (Å²) in [6, 6.07) is 12.3. The summed E-state index contributed by atoms with van der Waals surface area (Å²) >= 11 is 0. The molecule has 1 saturated heterocycles. The van der Waals surface area contributed by atoms with E-state index in [9.17, 15) is 13.2 Å². The lowest BCUT2D eigenvalue weighted by Gasteiger charge is -2.23. The van der Waals surface area contributed by atoms with Gasteiger partial charge in [-0.3, -0.25) is 0 Å². The zero-order valence-electron chi connectivity index (χ0n) is 19.2. The fourth-order valence-corrected chi connectivity index (χ4v) is 5.56. The van der Waals surface area contributed by atoms with Crippen LogP contribution in [0, 0.1) is 0 Å². The number of urea groups is 1. The second-order valence-electron chi connectivity index (χ2n) is 8.29. The number of nitrogens with one attached hydrogen (secondary N) is 1. The predicted octanol–water partition coefficient (Wildman–Crippen LogP) is 3.36. The van der Waals surface area contributed by atoms with Crippen LogP contribution in [0.25, 0.3) is 0 Å². The molecule has 1 aliphatic heterocycles. The van der Waals surface area contributed by atoms with Gasteiger partial charge in [0.15, 0.2) is 0 Å². The molecule has 1 aromatic carbocycles. The number of hydrogen-bond acceptors (Lipinski definition) is 6. The lowest BCUT2D eigenvalue weighted by molar-refractivity contribution is 0.0934. The zero-order chi connectivity index (χ0) is 24.0. The van der Waals surface area contributed by atoms with E-state index in [4.69, 9.17) is 9.15 Å². The van der Waals surface area contributed by atoms with Crippen molar-refractivity contribution in [3.63, 3.8) is 0 Å². The molecular formula is C24H30N4O5S. The number of sulfone groups is 1. The SMILES string of the molecule is CCNC(=O)N(Cc1ccco1)Cc1cnc(S(=O)(=O)Cc2ccccc2)n1C[C@@H]1CCCO1. The highest BCUT2D eigenvalue weighted by atomic mass is 32.2. The van der Waals surface area contributed by atoms with Crippen molar-refractivity contribution in [2.45, 2.75) is 56.4 Å². The van der Waals surface area contributed by atoms with E-state index in [-0.39, 0.29) is 36.1 Å². The van der Waals surface area contributed by atoms with Gasteiger partial charge in [-0.15, -0.1) is 0 Å². The number of nitrogens with zero attached hydrogens (tertiary/aromatic N) is 3. The molecule has 3 heterocycles. The lowest BCUT2D eigenvalue weighted by Crippen LogP contribution is -2.39. The summed E-state index contributed by atoms with van der Waals surface area (Å²) in [4.78, 5) is 18.7. The van der Waals surface area contributed by atoms with Crippen LogP contribution < -0.4 is 5.32 Å². The summed E-state index contributed by atoms with van der Waals surface area (Å²) in [7, 11) is -3.72. The number of ether oxygens (including phenoxy) is 1. The summed E-state index contributed by atoms with van der Waals surface area (Å²) < 4.78 is 39.6. The third-order valence-electron chi connectivity index (χ3n) is 5.68. The molecular weight excluding hydrogens is 456 g/mol. The van der Waals surface area contributed by atoms with E-state index in [0.717, 1.165) is 12.8 Å². The largest absolute Gasteiger partial charge is 0.467 e. The van der Waals surface area contributed by atoms with Gasteiger partial charge in [-0.05, 0) is 37.5 Å². The molecule has 2 amide bonds. The summed E-state index contributed by atoms with van der Waals surface area (Å²) in [5, 5.41) is 2.81. The molecule has 10 heteroatoms. The maximum atomic E-state index is 13.4. The van der Waals surface area contributed by atoms with E-state index in [1.54, 1.807) is 46.2 Å². The minimum absolute atomic E-state index is 0.00398. The second kappa shape index (κ2) is 10.9. The Morgan fingerprint density at radius 2 is 2.03 bits per heavy atom. The number of furan rings is 1. The molecule has 2 aromatic heterocycles. The molecule has 0 bridgehead atoms. The van der Waals surface area contributed by atoms with Gasteiger partial charge in [-0.1, -0.05) is 30.3 Å². The Balaban J connectivity index is 1.65. The van der Waals surface area contributed by atoms with Crippen molar-refractivity contribution >= 4 is 15.9 Å². The van der Waals surface area contributed by atoms with E-state index in [0.29, 0.717) is 36.7 Å². The van der Waals surface area contributed by atoms with Crippen LogP contribution in [0.5, 0.6) is 0 Å². The van der Waals surface area contributed by atoms with Crippen LogP contribution in [0.2, 0.25) is 0 Å². The lowest BCUT2D eigenvalue weighted by atomic mass is 10.2. The molecule has 0 spiro atoms. The van der Waals surface area contributed by atoms with Gasteiger partial charge >= 0.3 is 6.03 Å². The monoisotopic (exact) mass is 486 g/mol. The first-order chi connectivity index (χ1) is 16.5. The first kappa shape index (κ1) is 24.0. The quantitative estimate of drug-likeness (QED) is 0.471. The standard InChI is InChI=1S/C24H30N4O5S/c1-2-25-23(29)27(16-21-10-6-12-32-21)15-20-14-26-24(28(20)17-22-11-7-13-33-22)34(30,31)18-19-8-4-3-5-9-19/h3-6,8-10,12,14,22H,2,7,11,13,15-18H2,1H3,(H,25,29)/t22-/m0/s1. The van der Waals surface area contributed by atoms with Crippen molar-refractivity contribution < 1.29 is 22.4 Å². The molecule has 1 aliphatic rings. The molecule has 4 rings (SSSR count). The van der Waals surface area contributed by atoms with E-state index in [1.807, 2.05) is 25.1 Å². The number of carbonyl (C=O) groups excluding carboxylic acids is 1. The highest BCUT2D eigenvalue weighted by molar-refractivity contribution is 7.90. The van der Waals surface area contributed by atoms with Crippen molar-refractivity contribution in [3.8, 4) is 0 Å². The smallest absolute Gasteiger partial charge is 0.318 e. The Labute approximate surface area is 199 Å². The maximum absolute atomic E-state index is 13.4. The van der Waals surface area contributed by atoms with Crippen LogP contribution in [0.15, 0.2) is 64.5 Å². The molecule has 0 saturated carbocycles. The Bertz CT molecular complexity index is 1170. The predicted molar refractivity (Wildman–Crippen MR) is 126 cm³/mol. The van der Waals surface area contributed by atoms with Crippen molar-refractivity contribution in [2.24, 2.45) is 0 Å².